The first kappa shape index (κ1) is 15.5. The Labute approximate surface area is 124 Å². The van der Waals surface area contributed by atoms with Crippen molar-refractivity contribution < 1.29 is 9.13 Å². The number of para-hydroxylation sites is 1. The molecule has 2 aromatic carbocycles. The molecule has 0 saturated heterocycles. The maximum Gasteiger partial charge on any atom is 0.124 e. The van der Waals surface area contributed by atoms with Crippen LogP contribution in [0.3, 0.4) is 0 Å². The molecule has 0 heterocycles. The van der Waals surface area contributed by atoms with Gasteiger partial charge in [-0.05, 0) is 50.1 Å². The summed E-state index contributed by atoms with van der Waals surface area (Å²) in [6.45, 7) is 5.79. The summed E-state index contributed by atoms with van der Waals surface area (Å²) in [5.41, 5.74) is 5.27. The predicted molar refractivity (Wildman–Crippen MR) is 82.5 cm³/mol. The van der Waals surface area contributed by atoms with Gasteiger partial charge in [-0.2, -0.15) is 0 Å². The number of nitrogens with one attached hydrogen (secondary N) is 1. The summed E-state index contributed by atoms with van der Waals surface area (Å²) in [4.78, 5) is 0. The monoisotopic (exact) mass is 288 g/mol. The lowest BCUT2D eigenvalue weighted by Crippen LogP contribution is -2.29. The fourth-order valence-electron chi connectivity index (χ4n) is 2.38. The Balaban J connectivity index is 2.46. The van der Waals surface area contributed by atoms with Crippen molar-refractivity contribution in [2.75, 3.05) is 0 Å². The van der Waals surface area contributed by atoms with Gasteiger partial charge < -0.3 is 4.74 Å². The van der Waals surface area contributed by atoms with Gasteiger partial charge in [-0.3, -0.25) is 5.84 Å². The van der Waals surface area contributed by atoms with Gasteiger partial charge in [-0.1, -0.05) is 24.3 Å². The van der Waals surface area contributed by atoms with Crippen molar-refractivity contribution in [1.29, 1.82) is 0 Å². The van der Waals surface area contributed by atoms with E-state index in [0.717, 1.165) is 22.4 Å². The van der Waals surface area contributed by atoms with E-state index in [4.69, 9.17) is 10.6 Å². The second-order valence-electron chi connectivity index (χ2n) is 5.37. The van der Waals surface area contributed by atoms with Gasteiger partial charge in [0.25, 0.3) is 0 Å². The molecule has 112 valence electrons. The second kappa shape index (κ2) is 6.70. The third kappa shape index (κ3) is 3.80. The van der Waals surface area contributed by atoms with Gasteiger partial charge in [0.05, 0.1) is 12.1 Å². The molecule has 3 nitrogen and oxygen atoms in total. The number of halogens is 1. The molecule has 0 aliphatic heterocycles. The molecule has 0 aliphatic rings. The molecule has 1 unspecified atom stereocenters. The Hall–Kier alpha value is -1.91. The molecule has 3 N–H and O–H groups in total. The van der Waals surface area contributed by atoms with Crippen LogP contribution in [-0.2, 0) is 0 Å². The number of aryl methyl sites for hydroxylation is 1. The van der Waals surface area contributed by atoms with Crippen molar-refractivity contribution in [2.24, 2.45) is 5.84 Å². The number of rotatable bonds is 5. The fourth-order valence-corrected chi connectivity index (χ4v) is 2.38. The van der Waals surface area contributed by atoms with E-state index in [1.54, 1.807) is 0 Å². The molecule has 0 aliphatic carbocycles. The molecule has 21 heavy (non-hydrogen) atoms. The van der Waals surface area contributed by atoms with Gasteiger partial charge >= 0.3 is 0 Å². The van der Waals surface area contributed by atoms with Crippen molar-refractivity contribution in [3.8, 4) is 5.75 Å². The highest BCUT2D eigenvalue weighted by Gasteiger charge is 2.18. The lowest BCUT2D eigenvalue weighted by molar-refractivity contribution is 0.238. The molecule has 0 bridgehead atoms. The Morgan fingerprint density at radius 1 is 1.14 bits per heavy atom. The average Bonchev–Trinajstić information content (AvgIpc) is 2.40. The molecule has 2 rings (SSSR count). The molecular formula is C17H21FN2O. The van der Waals surface area contributed by atoms with Gasteiger partial charge in [0.2, 0.25) is 0 Å². The minimum atomic E-state index is -0.325. The Bertz CT molecular complexity index is 593. The molecule has 0 spiro atoms. The van der Waals surface area contributed by atoms with Gasteiger partial charge in [0.15, 0.2) is 0 Å². The summed E-state index contributed by atoms with van der Waals surface area (Å²) in [6.07, 6.45) is 0.0545. The first-order chi connectivity index (χ1) is 10.0. The molecule has 0 radical (unpaired) electrons. The van der Waals surface area contributed by atoms with E-state index in [0.29, 0.717) is 0 Å². The third-order valence-corrected chi connectivity index (χ3v) is 3.16. The van der Waals surface area contributed by atoms with Crippen LogP contribution >= 0.6 is 0 Å². The van der Waals surface area contributed by atoms with Crippen molar-refractivity contribution in [3.63, 3.8) is 0 Å². The first-order valence-electron chi connectivity index (χ1n) is 7.00. The normalized spacial score (nSPS) is 12.5. The molecule has 2 aromatic rings. The number of ether oxygens (including phenoxy) is 1. The summed E-state index contributed by atoms with van der Waals surface area (Å²) in [7, 11) is 0. The van der Waals surface area contributed by atoms with Crippen molar-refractivity contribution in [2.45, 2.75) is 32.9 Å². The third-order valence-electron chi connectivity index (χ3n) is 3.16. The lowest BCUT2D eigenvalue weighted by Gasteiger charge is -2.22. The van der Waals surface area contributed by atoms with Crippen LogP contribution in [0.25, 0.3) is 0 Å². The molecule has 1 atom stereocenters. The van der Waals surface area contributed by atoms with E-state index in [9.17, 15) is 4.39 Å². The van der Waals surface area contributed by atoms with E-state index in [1.165, 1.54) is 12.1 Å². The molecule has 0 aromatic heterocycles. The quantitative estimate of drug-likeness (QED) is 0.654. The summed E-state index contributed by atoms with van der Waals surface area (Å²) in [5.74, 6) is 6.19. The number of nitrogens with two attached hydrogens (primary N) is 1. The molecule has 0 saturated carbocycles. The van der Waals surface area contributed by atoms with Crippen LogP contribution < -0.4 is 16.0 Å². The predicted octanol–water partition coefficient (Wildman–Crippen LogP) is 3.47. The molecular weight excluding hydrogens is 267 g/mol. The second-order valence-corrected chi connectivity index (χ2v) is 5.37. The van der Waals surface area contributed by atoms with E-state index in [-0.39, 0.29) is 18.0 Å². The lowest BCUT2D eigenvalue weighted by atomic mass is 9.97. The van der Waals surface area contributed by atoms with Crippen LogP contribution in [0, 0.1) is 12.7 Å². The average molecular weight is 288 g/mol. The number of hydrazine groups is 1. The topological polar surface area (TPSA) is 47.3 Å². The maximum absolute atomic E-state index is 13.7. The number of hydrogen-bond acceptors (Lipinski definition) is 3. The van der Waals surface area contributed by atoms with Gasteiger partial charge in [0.1, 0.15) is 11.6 Å². The SMILES string of the molecule is Cc1cc(F)cc(C(NN)c2ccccc2OC(C)C)c1. The standard InChI is InChI=1S/C17H21FN2O/c1-11(2)21-16-7-5-4-6-15(16)17(20-19)13-8-12(3)9-14(18)10-13/h4-11,17,20H,19H2,1-3H3. The number of hydrogen-bond donors (Lipinski definition) is 2. The highest BCUT2D eigenvalue weighted by Crippen LogP contribution is 2.30. The Morgan fingerprint density at radius 3 is 2.48 bits per heavy atom. The smallest absolute Gasteiger partial charge is 0.124 e. The van der Waals surface area contributed by atoms with Crippen LogP contribution in [0.1, 0.15) is 36.6 Å². The minimum Gasteiger partial charge on any atom is -0.491 e. The molecule has 0 fully saturated rings. The van der Waals surface area contributed by atoms with E-state index >= 15 is 0 Å². The van der Waals surface area contributed by atoms with Crippen molar-refractivity contribution >= 4 is 0 Å². The van der Waals surface area contributed by atoms with Crippen LogP contribution in [0.15, 0.2) is 42.5 Å². The zero-order valence-corrected chi connectivity index (χ0v) is 12.6. The zero-order valence-electron chi connectivity index (χ0n) is 12.6. The zero-order chi connectivity index (χ0) is 15.4. The van der Waals surface area contributed by atoms with E-state index < -0.39 is 0 Å². The van der Waals surface area contributed by atoms with Crippen LogP contribution in [0.4, 0.5) is 4.39 Å². The van der Waals surface area contributed by atoms with E-state index in [1.807, 2.05) is 51.1 Å². The fraction of sp³-hybridized carbons (Fsp3) is 0.294. The highest BCUT2D eigenvalue weighted by molar-refractivity contribution is 5.42. The maximum atomic E-state index is 13.7. The van der Waals surface area contributed by atoms with Gasteiger partial charge in [-0.25, -0.2) is 9.82 Å². The van der Waals surface area contributed by atoms with Crippen molar-refractivity contribution in [3.05, 3.63) is 65.0 Å². The highest BCUT2D eigenvalue weighted by atomic mass is 19.1. The summed E-state index contributed by atoms with van der Waals surface area (Å²) < 4.78 is 19.5. The molecule has 0 amide bonds. The van der Waals surface area contributed by atoms with Gasteiger partial charge in [0, 0.05) is 5.56 Å². The first-order valence-corrected chi connectivity index (χ1v) is 7.00. The van der Waals surface area contributed by atoms with Crippen molar-refractivity contribution in [1.82, 2.24) is 5.43 Å². The number of benzene rings is 2. The Morgan fingerprint density at radius 2 is 1.86 bits per heavy atom. The van der Waals surface area contributed by atoms with Crippen LogP contribution in [0.5, 0.6) is 5.75 Å². The summed E-state index contributed by atoms with van der Waals surface area (Å²) in [5, 5.41) is 0. The van der Waals surface area contributed by atoms with Crippen LogP contribution in [-0.4, -0.2) is 6.10 Å². The largest absolute Gasteiger partial charge is 0.491 e. The minimum absolute atomic E-state index is 0.0545. The summed E-state index contributed by atoms with van der Waals surface area (Å²) in [6, 6.07) is 12.2. The molecule has 4 heteroatoms. The van der Waals surface area contributed by atoms with Gasteiger partial charge in [-0.15, -0.1) is 0 Å². The Kier molecular flexibility index (Phi) is 4.94. The van der Waals surface area contributed by atoms with Crippen LogP contribution in [0.2, 0.25) is 0 Å². The van der Waals surface area contributed by atoms with E-state index in [2.05, 4.69) is 5.43 Å². The summed E-state index contributed by atoms with van der Waals surface area (Å²) >= 11 is 0.